The number of nitrogens with one attached hydrogen (secondary N) is 2. The predicted octanol–water partition coefficient (Wildman–Crippen LogP) is 6.23. The molecule has 0 aliphatic carbocycles. The number of nitrogens with zero attached hydrogens (tertiary/aromatic N) is 2. The molecule has 5 nitrogen and oxygen atoms in total. The van der Waals surface area contributed by atoms with Crippen molar-refractivity contribution in [2.75, 3.05) is 5.32 Å². The first kappa shape index (κ1) is 23.9. The fourth-order valence-corrected chi connectivity index (χ4v) is 5.39. The molecule has 176 valence electrons. The molecule has 1 aliphatic rings. The van der Waals surface area contributed by atoms with E-state index in [4.69, 9.17) is 5.41 Å². The van der Waals surface area contributed by atoms with Crippen LogP contribution < -0.4 is 5.32 Å². The van der Waals surface area contributed by atoms with Gasteiger partial charge in [-0.15, -0.1) is 11.3 Å². The van der Waals surface area contributed by atoms with Gasteiger partial charge >= 0.3 is 0 Å². The summed E-state index contributed by atoms with van der Waals surface area (Å²) < 4.78 is 0. The van der Waals surface area contributed by atoms with Crippen molar-refractivity contribution in [3.63, 3.8) is 0 Å². The Hall–Kier alpha value is -3.22. The molecule has 0 saturated carbocycles. The Bertz CT molecular complexity index is 1090. The molecule has 34 heavy (non-hydrogen) atoms. The van der Waals surface area contributed by atoms with Gasteiger partial charge in [0.15, 0.2) is 0 Å². The average molecular weight is 473 g/mol. The highest BCUT2D eigenvalue weighted by molar-refractivity contribution is 7.12. The molecule has 2 N–H and O–H groups in total. The summed E-state index contributed by atoms with van der Waals surface area (Å²) in [4.78, 5) is 18.4. The average Bonchev–Trinajstić information content (AvgIpc) is 3.38. The number of amidine groups is 1. The van der Waals surface area contributed by atoms with Crippen molar-refractivity contribution >= 4 is 28.8 Å². The van der Waals surface area contributed by atoms with Gasteiger partial charge in [0.05, 0.1) is 4.88 Å². The monoisotopic (exact) mass is 472 g/mol. The fourth-order valence-electron chi connectivity index (χ4n) is 4.73. The summed E-state index contributed by atoms with van der Waals surface area (Å²) >= 11 is 1.43. The van der Waals surface area contributed by atoms with E-state index in [-0.39, 0.29) is 17.8 Å². The molecule has 3 aromatic rings. The molecule has 1 aromatic heterocycles. The topological polar surface area (TPSA) is 59.4 Å². The number of para-hydroxylation sites is 1. The number of piperidine rings is 1. The number of hydrogen-bond donors (Lipinski definition) is 2. The highest BCUT2D eigenvalue weighted by Gasteiger charge is 2.37. The molecule has 2 aromatic carbocycles. The molecule has 2 atom stereocenters. The fraction of sp³-hybridized carbons (Fsp3) is 0.286. The molecule has 1 amide bonds. The molecule has 1 saturated heterocycles. The van der Waals surface area contributed by atoms with Crippen LogP contribution in [0.15, 0.2) is 90.5 Å². The molecule has 2 heterocycles. The van der Waals surface area contributed by atoms with Crippen LogP contribution >= 0.6 is 11.3 Å². The molecular formula is C28H32N4OS. The third-order valence-electron chi connectivity index (χ3n) is 6.41. The smallest absolute Gasteiger partial charge is 0.269 e. The van der Waals surface area contributed by atoms with Gasteiger partial charge in [0.25, 0.3) is 5.91 Å². The van der Waals surface area contributed by atoms with Crippen LogP contribution in [0.2, 0.25) is 0 Å². The van der Waals surface area contributed by atoms with Gasteiger partial charge in [-0.25, -0.2) is 0 Å². The third kappa shape index (κ3) is 5.82. The molecule has 0 spiro atoms. The highest BCUT2D eigenvalue weighted by Crippen LogP contribution is 2.30. The van der Waals surface area contributed by atoms with Crippen molar-refractivity contribution in [2.24, 2.45) is 0 Å². The second kappa shape index (κ2) is 11.3. The first-order valence-electron chi connectivity index (χ1n) is 11.8. The van der Waals surface area contributed by atoms with Gasteiger partial charge in [-0.1, -0.05) is 54.6 Å². The molecule has 0 bridgehead atoms. The van der Waals surface area contributed by atoms with Crippen LogP contribution in [-0.4, -0.2) is 39.7 Å². The minimum absolute atomic E-state index is 0.0273. The third-order valence-corrected chi connectivity index (χ3v) is 7.26. The van der Waals surface area contributed by atoms with Crippen molar-refractivity contribution < 1.29 is 4.79 Å². The summed E-state index contributed by atoms with van der Waals surface area (Å²) in [6.45, 7) is 5.36. The summed E-state index contributed by atoms with van der Waals surface area (Å²) in [5, 5.41) is 13.9. The molecule has 6 heteroatoms. The molecule has 4 rings (SSSR count). The van der Waals surface area contributed by atoms with Crippen LogP contribution in [0.3, 0.4) is 0 Å². The molecule has 1 fully saturated rings. The van der Waals surface area contributed by atoms with Gasteiger partial charge in [0.2, 0.25) is 0 Å². The number of hydrogen-bond acceptors (Lipinski definition) is 5. The van der Waals surface area contributed by atoms with Crippen molar-refractivity contribution in [3.05, 3.63) is 101 Å². The molecule has 0 radical (unpaired) electrons. The number of thiophene rings is 1. The normalized spacial score (nSPS) is 20.8. The van der Waals surface area contributed by atoms with Crippen LogP contribution in [0.5, 0.6) is 0 Å². The van der Waals surface area contributed by atoms with Crippen LogP contribution in [0.1, 0.15) is 41.9 Å². The summed E-state index contributed by atoms with van der Waals surface area (Å²) in [6, 6.07) is 24.6. The number of carbonyl (C=O) groups excluding carboxylic acids is 1. The van der Waals surface area contributed by atoms with E-state index in [1.807, 2.05) is 53.9 Å². The number of carbonyl (C=O) groups is 1. The molecule has 2 unspecified atom stereocenters. The maximum atomic E-state index is 13.5. The second-order valence-electron chi connectivity index (χ2n) is 8.86. The zero-order valence-electron chi connectivity index (χ0n) is 19.7. The zero-order valence-corrected chi connectivity index (χ0v) is 20.5. The zero-order chi connectivity index (χ0) is 23.9. The SMILES string of the molecule is CC1CC(N(C(=N)/C=C\Nc2ccccc2)C(=O)c2cccs2)CC(C)N1Cc1ccccc1. The minimum Gasteiger partial charge on any atom is -0.362 e. The second-order valence-corrected chi connectivity index (χ2v) is 9.81. The van der Waals surface area contributed by atoms with E-state index in [1.54, 1.807) is 17.2 Å². The largest absolute Gasteiger partial charge is 0.362 e. The van der Waals surface area contributed by atoms with E-state index in [9.17, 15) is 4.79 Å². The Morgan fingerprint density at radius 1 is 1.03 bits per heavy atom. The first-order valence-corrected chi connectivity index (χ1v) is 12.6. The lowest BCUT2D eigenvalue weighted by Gasteiger charge is -2.46. The van der Waals surface area contributed by atoms with Crippen LogP contribution in [0, 0.1) is 5.41 Å². The van der Waals surface area contributed by atoms with E-state index in [0.717, 1.165) is 25.1 Å². The van der Waals surface area contributed by atoms with Crippen LogP contribution in [-0.2, 0) is 6.54 Å². The number of likely N-dealkylation sites (tertiary alicyclic amines) is 1. The van der Waals surface area contributed by atoms with Gasteiger partial charge in [0, 0.05) is 36.6 Å². The maximum absolute atomic E-state index is 13.5. The van der Waals surface area contributed by atoms with Crippen molar-refractivity contribution in [1.82, 2.24) is 9.80 Å². The lowest BCUT2D eigenvalue weighted by atomic mass is 9.90. The first-order chi connectivity index (χ1) is 16.5. The number of amides is 1. The van der Waals surface area contributed by atoms with E-state index in [0.29, 0.717) is 17.0 Å². The van der Waals surface area contributed by atoms with Gasteiger partial charge in [-0.05, 0) is 61.9 Å². The molecular weight excluding hydrogens is 440 g/mol. The van der Waals surface area contributed by atoms with Crippen LogP contribution in [0.25, 0.3) is 0 Å². The summed E-state index contributed by atoms with van der Waals surface area (Å²) in [5.74, 6) is 0.119. The lowest BCUT2D eigenvalue weighted by Crippen LogP contribution is -2.55. The van der Waals surface area contributed by atoms with Crippen molar-refractivity contribution in [3.8, 4) is 0 Å². The van der Waals surface area contributed by atoms with Gasteiger partial charge in [0.1, 0.15) is 5.84 Å². The number of anilines is 1. The van der Waals surface area contributed by atoms with Crippen molar-refractivity contribution in [2.45, 2.75) is 51.4 Å². The quantitative estimate of drug-likeness (QED) is 0.316. The molecule has 1 aliphatic heterocycles. The van der Waals surface area contributed by atoms with Gasteiger partial charge in [-0.3, -0.25) is 20.0 Å². The van der Waals surface area contributed by atoms with E-state index in [1.165, 1.54) is 16.9 Å². The standard InChI is InChI=1S/C28H32N4OS/c1-21-18-25(19-22(2)31(21)20-23-10-5-3-6-11-23)32(28(33)26-14-9-17-34-26)27(29)15-16-30-24-12-7-4-8-13-24/h3-17,21-22,25,29-30H,18-20H2,1-2H3/b16-15-,29-27?. The highest BCUT2D eigenvalue weighted by atomic mass is 32.1. The lowest BCUT2D eigenvalue weighted by molar-refractivity contribution is 0.0437. The van der Waals surface area contributed by atoms with E-state index >= 15 is 0 Å². The van der Waals surface area contributed by atoms with Crippen LogP contribution in [0.4, 0.5) is 5.69 Å². The Morgan fingerprint density at radius 3 is 2.29 bits per heavy atom. The van der Waals surface area contributed by atoms with E-state index < -0.39 is 0 Å². The number of benzene rings is 2. The van der Waals surface area contributed by atoms with E-state index in [2.05, 4.69) is 48.3 Å². The Balaban J connectivity index is 1.50. The Labute approximate surface area is 206 Å². The predicted molar refractivity (Wildman–Crippen MR) is 141 cm³/mol. The summed E-state index contributed by atoms with van der Waals surface area (Å²) in [5.41, 5.74) is 2.24. The van der Waals surface area contributed by atoms with Gasteiger partial charge in [-0.2, -0.15) is 0 Å². The van der Waals surface area contributed by atoms with Crippen molar-refractivity contribution in [1.29, 1.82) is 5.41 Å². The Morgan fingerprint density at radius 2 is 1.68 bits per heavy atom. The summed E-state index contributed by atoms with van der Waals surface area (Å²) in [7, 11) is 0. The summed E-state index contributed by atoms with van der Waals surface area (Å²) in [6.07, 6.45) is 5.08. The van der Waals surface area contributed by atoms with Gasteiger partial charge < -0.3 is 5.32 Å². The number of rotatable bonds is 7. The minimum atomic E-state index is -0.0923. The Kier molecular flexibility index (Phi) is 7.93. The maximum Gasteiger partial charge on any atom is 0.269 e.